The lowest BCUT2D eigenvalue weighted by Gasteiger charge is -2.27. The Kier molecular flexibility index (Phi) is 3.81. The van der Waals surface area contributed by atoms with E-state index in [0.717, 1.165) is 18.9 Å². The predicted octanol–water partition coefficient (Wildman–Crippen LogP) is 1.75. The molecule has 0 aliphatic carbocycles. The lowest BCUT2D eigenvalue weighted by Crippen LogP contribution is -2.30. The third-order valence-corrected chi connectivity index (χ3v) is 3.49. The van der Waals surface area contributed by atoms with Crippen LogP contribution in [0, 0.1) is 6.92 Å². The zero-order valence-corrected chi connectivity index (χ0v) is 12.0. The van der Waals surface area contributed by atoms with Crippen LogP contribution in [0.5, 0.6) is 0 Å². The number of amides is 1. The summed E-state index contributed by atoms with van der Waals surface area (Å²) in [5.41, 5.74) is 0.642. The molecule has 3 heterocycles. The largest absolute Gasteiger partial charge is 0.357 e. The van der Waals surface area contributed by atoms with Crippen LogP contribution in [0.2, 0.25) is 0 Å². The smallest absolute Gasteiger partial charge is 0.295 e. The molecule has 1 aliphatic rings. The number of H-pyrrole nitrogens is 1. The Bertz CT molecular complexity index is 615. The molecule has 2 aromatic heterocycles. The highest BCUT2D eigenvalue weighted by molar-refractivity contribution is 6.01. The highest BCUT2D eigenvalue weighted by Gasteiger charge is 2.14. The third-order valence-electron chi connectivity index (χ3n) is 3.49. The molecule has 3 rings (SSSR count). The van der Waals surface area contributed by atoms with E-state index < -0.39 is 0 Å². The molecule has 0 atom stereocenters. The molecule has 0 saturated carbocycles. The van der Waals surface area contributed by atoms with Gasteiger partial charge in [-0.25, -0.2) is 9.97 Å². The van der Waals surface area contributed by atoms with E-state index in [1.807, 2.05) is 12.1 Å². The van der Waals surface area contributed by atoms with Gasteiger partial charge in [-0.3, -0.25) is 9.89 Å². The second-order valence-corrected chi connectivity index (χ2v) is 5.15. The van der Waals surface area contributed by atoms with Gasteiger partial charge >= 0.3 is 0 Å². The van der Waals surface area contributed by atoms with Gasteiger partial charge in [0.25, 0.3) is 5.91 Å². The van der Waals surface area contributed by atoms with Crippen molar-refractivity contribution in [2.45, 2.75) is 26.2 Å². The lowest BCUT2D eigenvalue weighted by atomic mass is 10.1. The van der Waals surface area contributed by atoms with Crippen LogP contribution in [0.1, 0.15) is 35.7 Å². The minimum Gasteiger partial charge on any atom is -0.357 e. The standard InChI is InChI=1S/C14H18N6O/c1-10-16-13(19-18-10)14(21)17-11-5-6-12(15-9-11)20-7-3-2-4-8-20/h5-6,9H,2-4,7-8H2,1H3,(H,17,21)(H,16,18,19). The molecule has 1 fully saturated rings. The fourth-order valence-corrected chi connectivity index (χ4v) is 2.40. The van der Waals surface area contributed by atoms with Crippen LogP contribution >= 0.6 is 0 Å². The zero-order valence-electron chi connectivity index (χ0n) is 12.0. The number of nitrogens with zero attached hydrogens (tertiary/aromatic N) is 4. The molecule has 0 unspecified atom stereocenters. The van der Waals surface area contributed by atoms with Crippen molar-refractivity contribution in [3.8, 4) is 0 Å². The number of aromatic amines is 1. The monoisotopic (exact) mass is 286 g/mol. The van der Waals surface area contributed by atoms with Crippen molar-refractivity contribution < 1.29 is 4.79 Å². The Morgan fingerprint density at radius 1 is 1.29 bits per heavy atom. The van der Waals surface area contributed by atoms with Crippen molar-refractivity contribution in [1.29, 1.82) is 0 Å². The minimum atomic E-state index is -0.341. The van der Waals surface area contributed by atoms with Gasteiger partial charge in [0, 0.05) is 13.1 Å². The van der Waals surface area contributed by atoms with Crippen LogP contribution in [0.3, 0.4) is 0 Å². The molecule has 21 heavy (non-hydrogen) atoms. The molecule has 2 N–H and O–H groups in total. The van der Waals surface area contributed by atoms with E-state index in [2.05, 4.69) is 30.4 Å². The van der Waals surface area contributed by atoms with Crippen LogP contribution in [-0.4, -0.2) is 39.2 Å². The summed E-state index contributed by atoms with van der Waals surface area (Å²) in [5.74, 6) is 1.36. The summed E-state index contributed by atoms with van der Waals surface area (Å²) in [5, 5.41) is 9.21. The summed E-state index contributed by atoms with van der Waals surface area (Å²) in [4.78, 5) is 22.6. The second kappa shape index (κ2) is 5.90. The topological polar surface area (TPSA) is 86.8 Å². The number of hydrogen-bond donors (Lipinski definition) is 2. The van der Waals surface area contributed by atoms with E-state index in [1.165, 1.54) is 19.3 Å². The highest BCUT2D eigenvalue weighted by Crippen LogP contribution is 2.19. The number of carbonyl (C=O) groups excluding carboxylic acids is 1. The van der Waals surface area contributed by atoms with Crippen molar-refractivity contribution in [2.24, 2.45) is 0 Å². The van der Waals surface area contributed by atoms with E-state index in [1.54, 1.807) is 13.1 Å². The lowest BCUT2D eigenvalue weighted by molar-refractivity contribution is 0.101. The summed E-state index contributed by atoms with van der Waals surface area (Å²) < 4.78 is 0. The molecule has 7 nitrogen and oxygen atoms in total. The molecule has 0 radical (unpaired) electrons. The van der Waals surface area contributed by atoms with Crippen molar-refractivity contribution in [1.82, 2.24) is 20.2 Å². The third kappa shape index (κ3) is 3.18. The molecule has 1 saturated heterocycles. The Morgan fingerprint density at radius 3 is 2.71 bits per heavy atom. The first kappa shape index (κ1) is 13.5. The summed E-state index contributed by atoms with van der Waals surface area (Å²) >= 11 is 0. The maximum atomic E-state index is 11.9. The maximum absolute atomic E-state index is 11.9. The van der Waals surface area contributed by atoms with Gasteiger partial charge < -0.3 is 10.2 Å². The molecule has 2 aromatic rings. The number of aryl methyl sites for hydroxylation is 1. The first-order valence-corrected chi connectivity index (χ1v) is 7.14. The average molecular weight is 286 g/mol. The fraction of sp³-hybridized carbons (Fsp3) is 0.429. The van der Waals surface area contributed by atoms with Crippen molar-refractivity contribution in [2.75, 3.05) is 23.3 Å². The number of aromatic nitrogens is 4. The number of nitrogens with one attached hydrogen (secondary N) is 2. The van der Waals surface area contributed by atoms with E-state index in [9.17, 15) is 4.79 Å². The van der Waals surface area contributed by atoms with E-state index in [0.29, 0.717) is 11.5 Å². The zero-order chi connectivity index (χ0) is 14.7. The molecular weight excluding hydrogens is 268 g/mol. The molecule has 7 heteroatoms. The van der Waals surface area contributed by atoms with Gasteiger partial charge in [0.1, 0.15) is 11.6 Å². The number of anilines is 2. The van der Waals surface area contributed by atoms with Crippen molar-refractivity contribution in [3.63, 3.8) is 0 Å². The van der Waals surface area contributed by atoms with E-state index >= 15 is 0 Å². The molecule has 0 bridgehead atoms. The summed E-state index contributed by atoms with van der Waals surface area (Å²) in [6, 6.07) is 3.79. The van der Waals surface area contributed by atoms with E-state index in [-0.39, 0.29) is 11.7 Å². The predicted molar refractivity (Wildman–Crippen MR) is 79.4 cm³/mol. The maximum Gasteiger partial charge on any atom is 0.295 e. The van der Waals surface area contributed by atoms with Crippen molar-refractivity contribution in [3.05, 3.63) is 30.0 Å². The SMILES string of the molecule is Cc1nc(C(=O)Nc2ccc(N3CCCCC3)nc2)n[nH]1. The van der Waals surface area contributed by atoms with E-state index in [4.69, 9.17) is 0 Å². The number of pyridine rings is 1. The number of rotatable bonds is 3. The van der Waals surface area contributed by atoms with Crippen LogP contribution in [0.25, 0.3) is 0 Å². The van der Waals surface area contributed by atoms with Gasteiger partial charge in [0.05, 0.1) is 11.9 Å². The van der Waals surface area contributed by atoms with Crippen molar-refractivity contribution >= 4 is 17.4 Å². The Balaban J connectivity index is 1.65. The highest BCUT2D eigenvalue weighted by atomic mass is 16.2. The Morgan fingerprint density at radius 2 is 2.10 bits per heavy atom. The first-order valence-electron chi connectivity index (χ1n) is 7.14. The van der Waals surface area contributed by atoms with Crippen LogP contribution < -0.4 is 10.2 Å². The Hall–Kier alpha value is -2.44. The first-order chi connectivity index (χ1) is 10.2. The molecule has 1 aliphatic heterocycles. The van der Waals surface area contributed by atoms with Gasteiger partial charge in [-0.1, -0.05) is 0 Å². The summed E-state index contributed by atoms with van der Waals surface area (Å²) in [7, 11) is 0. The number of hydrogen-bond acceptors (Lipinski definition) is 5. The van der Waals surface area contributed by atoms with Gasteiger partial charge in [-0.15, -0.1) is 5.10 Å². The number of piperidine rings is 1. The Labute approximate surface area is 122 Å². The fourth-order valence-electron chi connectivity index (χ4n) is 2.40. The van der Waals surface area contributed by atoms with Gasteiger partial charge in [0.15, 0.2) is 0 Å². The molecule has 110 valence electrons. The number of carbonyl (C=O) groups is 1. The van der Waals surface area contributed by atoms with Gasteiger partial charge in [-0.05, 0) is 38.3 Å². The van der Waals surface area contributed by atoms with Crippen LogP contribution in [0.4, 0.5) is 11.5 Å². The van der Waals surface area contributed by atoms with Crippen LogP contribution in [-0.2, 0) is 0 Å². The summed E-state index contributed by atoms with van der Waals surface area (Å²) in [6.45, 7) is 3.85. The second-order valence-electron chi connectivity index (χ2n) is 5.15. The average Bonchev–Trinajstić information content (AvgIpc) is 2.96. The molecule has 1 amide bonds. The quantitative estimate of drug-likeness (QED) is 0.897. The molecule has 0 aromatic carbocycles. The van der Waals surface area contributed by atoms with Crippen LogP contribution in [0.15, 0.2) is 18.3 Å². The van der Waals surface area contributed by atoms with Gasteiger partial charge in [0.2, 0.25) is 5.82 Å². The van der Waals surface area contributed by atoms with Gasteiger partial charge in [-0.2, -0.15) is 0 Å². The molecular formula is C14H18N6O. The molecule has 0 spiro atoms. The minimum absolute atomic E-state index is 0.132. The summed E-state index contributed by atoms with van der Waals surface area (Å²) in [6.07, 6.45) is 5.39. The normalized spacial score (nSPS) is 15.0.